The Hall–Kier alpha value is -4.41. The van der Waals surface area contributed by atoms with Gasteiger partial charge in [-0.2, -0.15) is 0 Å². The minimum absolute atomic E-state index is 0.0357. The van der Waals surface area contributed by atoms with Crippen LogP contribution in [0.2, 0.25) is 0 Å². The molecule has 0 bridgehead atoms. The van der Waals surface area contributed by atoms with E-state index in [0.29, 0.717) is 27.7 Å². The van der Waals surface area contributed by atoms with Gasteiger partial charge in [0.05, 0.1) is 19.2 Å². The summed E-state index contributed by atoms with van der Waals surface area (Å²) in [7, 11) is 1.30. The molecule has 0 aliphatic carbocycles. The van der Waals surface area contributed by atoms with Gasteiger partial charge in [-0.25, -0.2) is 9.18 Å². The summed E-state index contributed by atoms with van der Waals surface area (Å²) >= 11 is 0. The van der Waals surface area contributed by atoms with Crippen molar-refractivity contribution in [2.45, 2.75) is 18.6 Å². The SMILES string of the molecule is COc1ccc2c(c1F)C(=O)N(C[C@@]1(c3cc4ccc5c(c4o3)CNC5=O)NC(=O)NC1=O)C2. The predicted molar refractivity (Wildman–Crippen MR) is 113 cm³/mol. The van der Waals surface area contributed by atoms with E-state index in [-0.39, 0.29) is 42.6 Å². The van der Waals surface area contributed by atoms with E-state index < -0.39 is 29.2 Å². The first kappa shape index (κ1) is 20.2. The number of nitrogens with zero attached hydrogens (tertiary/aromatic N) is 1. The van der Waals surface area contributed by atoms with Crippen molar-refractivity contribution in [2.24, 2.45) is 0 Å². The van der Waals surface area contributed by atoms with Crippen LogP contribution in [0.3, 0.4) is 0 Å². The Morgan fingerprint density at radius 3 is 2.74 bits per heavy atom. The van der Waals surface area contributed by atoms with Crippen molar-refractivity contribution >= 4 is 34.7 Å². The van der Waals surface area contributed by atoms with Crippen LogP contribution in [-0.2, 0) is 23.4 Å². The van der Waals surface area contributed by atoms with Crippen LogP contribution in [-0.4, -0.2) is 42.3 Å². The third-order valence-electron chi connectivity index (χ3n) is 6.53. The number of furan rings is 1. The first-order valence-electron chi connectivity index (χ1n) is 10.4. The molecule has 1 fully saturated rings. The number of methoxy groups -OCH3 is 1. The lowest BCUT2D eigenvalue weighted by molar-refractivity contribution is -0.125. The van der Waals surface area contributed by atoms with Gasteiger partial charge in [-0.1, -0.05) is 12.1 Å². The molecule has 1 aromatic heterocycles. The van der Waals surface area contributed by atoms with Crippen LogP contribution < -0.4 is 20.7 Å². The second-order valence-corrected chi connectivity index (χ2v) is 8.39. The van der Waals surface area contributed by atoms with Gasteiger partial charge >= 0.3 is 6.03 Å². The molecular weight excluding hydrogens is 447 g/mol. The molecule has 1 saturated heterocycles. The van der Waals surface area contributed by atoms with E-state index in [4.69, 9.17) is 9.15 Å². The van der Waals surface area contributed by atoms with Gasteiger partial charge < -0.3 is 24.7 Å². The van der Waals surface area contributed by atoms with Crippen LogP contribution >= 0.6 is 0 Å². The summed E-state index contributed by atoms with van der Waals surface area (Å²) in [4.78, 5) is 51.6. The highest BCUT2D eigenvalue weighted by molar-refractivity contribution is 6.09. The molecular formula is C23H17FN4O6. The van der Waals surface area contributed by atoms with E-state index in [9.17, 15) is 23.6 Å². The summed E-state index contributed by atoms with van der Waals surface area (Å²) in [5.74, 6) is -2.31. The third kappa shape index (κ3) is 2.60. The molecule has 11 heteroatoms. The van der Waals surface area contributed by atoms with Crippen LogP contribution in [0.25, 0.3) is 11.0 Å². The number of rotatable bonds is 4. The molecule has 3 aromatic rings. The zero-order chi connectivity index (χ0) is 23.8. The van der Waals surface area contributed by atoms with Crippen LogP contribution in [0.4, 0.5) is 9.18 Å². The zero-order valence-electron chi connectivity index (χ0n) is 17.8. The predicted octanol–water partition coefficient (Wildman–Crippen LogP) is 1.51. The Kier molecular flexibility index (Phi) is 4.04. The molecule has 3 aliphatic rings. The fourth-order valence-corrected chi connectivity index (χ4v) is 4.84. The molecule has 0 unspecified atom stereocenters. The van der Waals surface area contributed by atoms with Gasteiger partial charge in [-0.3, -0.25) is 19.7 Å². The third-order valence-corrected chi connectivity index (χ3v) is 6.53. The Morgan fingerprint density at radius 1 is 1.18 bits per heavy atom. The number of ether oxygens (including phenoxy) is 1. The lowest BCUT2D eigenvalue weighted by Crippen LogP contribution is -2.52. The maximum absolute atomic E-state index is 14.8. The van der Waals surface area contributed by atoms with E-state index in [2.05, 4.69) is 16.0 Å². The highest BCUT2D eigenvalue weighted by Gasteiger charge is 2.53. The fourth-order valence-electron chi connectivity index (χ4n) is 4.84. The molecule has 0 saturated carbocycles. The maximum Gasteiger partial charge on any atom is 0.322 e. The summed E-state index contributed by atoms with van der Waals surface area (Å²) in [5.41, 5.74) is 0.0916. The average Bonchev–Trinajstić information content (AvgIpc) is 3.54. The Labute approximate surface area is 191 Å². The Balaban J connectivity index is 1.43. The number of urea groups is 1. The fraction of sp³-hybridized carbons (Fsp3) is 0.217. The molecule has 0 radical (unpaired) electrons. The Bertz CT molecular complexity index is 1460. The van der Waals surface area contributed by atoms with Crippen LogP contribution in [0.1, 0.15) is 37.6 Å². The number of hydrogen-bond acceptors (Lipinski definition) is 6. The maximum atomic E-state index is 14.8. The quantitative estimate of drug-likeness (QED) is 0.502. The van der Waals surface area contributed by atoms with E-state index >= 15 is 0 Å². The highest BCUT2D eigenvalue weighted by atomic mass is 19.1. The van der Waals surface area contributed by atoms with Crippen molar-refractivity contribution in [3.63, 3.8) is 0 Å². The largest absolute Gasteiger partial charge is 0.494 e. The summed E-state index contributed by atoms with van der Waals surface area (Å²) < 4.78 is 25.8. The van der Waals surface area contributed by atoms with E-state index in [1.807, 2.05) is 0 Å². The monoisotopic (exact) mass is 464 g/mol. The van der Waals surface area contributed by atoms with Gasteiger partial charge in [0.15, 0.2) is 17.1 Å². The van der Waals surface area contributed by atoms with Gasteiger partial charge in [0.2, 0.25) is 0 Å². The molecule has 5 amide bonds. The molecule has 1 atom stereocenters. The number of halogens is 1. The second kappa shape index (κ2) is 6.80. The standard InChI is InChI=1S/C23H17FN4O6/c1-33-14-5-3-11-8-28(20(30)16(11)17(14)24)9-23(21(31)26-22(32)27-23)15-6-10-2-4-12-13(18(10)34-15)7-25-19(12)29/h2-6H,7-9H2,1H3,(H,25,29)(H2,26,27,31,32)/t23-/m0/s1. The van der Waals surface area contributed by atoms with Crippen LogP contribution in [0.5, 0.6) is 5.75 Å². The van der Waals surface area contributed by atoms with Gasteiger partial charge in [0.1, 0.15) is 11.3 Å². The average molecular weight is 464 g/mol. The smallest absolute Gasteiger partial charge is 0.322 e. The minimum atomic E-state index is -1.74. The van der Waals surface area contributed by atoms with Crippen LogP contribution in [0.15, 0.2) is 34.7 Å². The molecule has 0 spiro atoms. The minimum Gasteiger partial charge on any atom is -0.494 e. The van der Waals surface area contributed by atoms with Gasteiger partial charge in [-0.15, -0.1) is 0 Å². The van der Waals surface area contributed by atoms with Crippen molar-refractivity contribution in [3.8, 4) is 5.75 Å². The van der Waals surface area contributed by atoms with Crippen LogP contribution in [0, 0.1) is 5.82 Å². The second-order valence-electron chi connectivity index (χ2n) is 8.39. The lowest BCUT2D eigenvalue weighted by atomic mass is 9.95. The number of hydrogen-bond donors (Lipinski definition) is 3. The summed E-state index contributed by atoms with van der Waals surface area (Å²) in [6.45, 7) is 0.0120. The number of imide groups is 1. The van der Waals surface area contributed by atoms with Crippen molar-refractivity contribution in [3.05, 3.63) is 64.2 Å². The van der Waals surface area contributed by atoms with Gasteiger partial charge in [0, 0.05) is 29.6 Å². The number of amides is 5. The first-order chi connectivity index (χ1) is 16.3. The van der Waals surface area contributed by atoms with Crippen molar-refractivity contribution in [1.82, 2.24) is 20.9 Å². The molecule has 10 nitrogen and oxygen atoms in total. The molecule has 4 heterocycles. The molecule has 6 rings (SSSR count). The first-order valence-corrected chi connectivity index (χ1v) is 10.4. The molecule has 172 valence electrons. The van der Waals surface area contributed by atoms with E-state index in [0.717, 1.165) is 0 Å². The molecule has 3 aliphatic heterocycles. The normalized spacial score (nSPS) is 20.9. The van der Waals surface area contributed by atoms with Crippen molar-refractivity contribution < 1.29 is 32.7 Å². The van der Waals surface area contributed by atoms with Gasteiger partial charge in [0.25, 0.3) is 17.7 Å². The van der Waals surface area contributed by atoms with E-state index in [1.54, 1.807) is 24.3 Å². The number of carbonyl (C=O) groups is 4. The number of fused-ring (bicyclic) bond motifs is 4. The summed E-state index contributed by atoms with van der Waals surface area (Å²) in [6.07, 6.45) is 0. The number of benzene rings is 2. The van der Waals surface area contributed by atoms with Crippen molar-refractivity contribution in [1.29, 1.82) is 0 Å². The molecule has 34 heavy (non-hydrogen) atoms. The highest BCUT2D eigenvalue weighted by Crippen LogP contribution is 2.37. The van der Waals surface area contributed by atoms with Crippen molar-refractivity contribution in [2.75, 3.05) is 13.7 Å². The zero-order valence-corrected chi connectivity index (χ0v) is 17.8. The van der Waals surface area contributed by atoms with E-state index in [1.165, 1.54) is 18.1 Å². The molecule has 2 aromatic carbocycles. The number of carbonyl (C=O) groups excluding carboxylic acids is 4. The number of nitrogens with one attached hydrogen (secondary N) is 3. The summed E-state index contributed by atoms with van der Waals surface area (Å²) in [6, 6.07) is 7.22. The Morgan fingerprint density at radius 2 is 2.00 bits per heavy atom. The summed E-state index contributed by atoms with van der Waals surface area (Å²) in [5, 5.41) is 8.15. The van der Waals surface area contributed by atoms with Gasteiger partial charge in [-0.05, 0) is 23.8 Å². The topological polar surface area (TPSA) is 130 Å². The molecule has 3 N–H and O–H groups in total. The lowest BCUT2D eigenvalue weighted by Gasteiger charge is -2.29.